The number of rotatable bonds is 2. The molecule has 0 aliphatic rings. The van der Waals surface area contributed by atoms with E-state index in [1.165, 1.54) is 6.07 Å². The maximum absolute atomic E-state index is 12.0. The van der Waals surface area contributed by atoms with Gasteiger partial charge in [-0.3, -0.25) is 4.79 Å². The maximum atomic E-state index is 12.0. The number of benzene rings is 2. The summed E-state index contributed by atoms with van der Waals surface area (Å²) in [4.78, 5) is 12.0. The smallest absolute Gasteiger partial charge is 0.255 e. The van der Waals surface area contributed by atoms with E-state index in [0.29, 0.717) is 11.1 Å². The summed E-state index contributed by atoms with van der Waals surface area (Å²) in [5, 5.41) is 12.2. The van der Waals surface area contributed by atoms with E-state index in [2.05, 4.69) is 5.32 Å². The quantitative estimate of drug-likeness (QED) is 0.847. The summed E-state index contributed by atoms with van der Waals surface area (Å²) in [6.45, 7) is 3.74. The highest BCUT2D eigenvalue weighted by molar-refractivity contribution is 6.04. The summed E-state index contributed by atoms with van der Waals surface area (Å²) in [6, 6.07) is 12.4. The zero-order valence-electron chi connectivity index (χ0n) is 10.4. The van der Waals surface area contributed by atoms with Gasteiger partial charge in [0.05, 0.1) is 0 Å². The van der Waals surface area contributed by atoms with Crippen molar-refractivity contribution < 1.29 is 9.90 Å². The molecular formula is C15H15NO2. The van der Waals surface area contributed by atoms with Gasteiger partial charge in [0.2, 0.25) is 0 Å². The number of carbonyl (C=O) groups excluding carboxylic acids is 1. The molecule has 0 atom stereocenters. The molecule has 0 saturated heterocycles. The largest absolute Gasteiger partial charge is 0.508 e. The molecule has 0 unspecified atom stereocenters. The average molecular weight is 241 g/mol. The molecule has 2 aromatic rings. The molecule has 0 saturated carbocycles. The van der Waals surface area contributed by atoms with Crippen molar-refractivity contribution in [2.24, 2.45) is 0 Å². The Morgan fingerprint density at radius 2 is 1.89 bits per heavy atom. The lowest BCUT2D eigenvalue weighted by Crippen LogP contribution is -2.11. The van der Waals surface area contributed by atoms with E-state index in [-0.39, 0.29) is 11.7 Å². The van der Waals surface area contributed by atoms with Crippen LogP contribution >= 0.6 is 0 Å². The van der Waals surface area contributed by atoms with Gasteiger partial charge in [-0.1, -0.05) is 12.1 Å². The fourth-order valence-electron chi connectivity index (χ4n) is 1.72. The summed E-state index contributed by atoms with van der Waals surface area (Å²) in [7, 11) is 0. The molecule has 2 rings (SSSR count). The number of nitrogens with one attached hydrogen (secondary N) is 1. The minimum Gasteiger partial charge on any atom is -0.508 e. The SMILES string of the molecule is Cc1cccc(NC(=O)c2ccc(O)c(C)c2)c1. The van der Waals surface area contributed by atoms with Crippen LogP contribution in [0.25, 0.3) is 0 Å². The molecule has 0 aliphatic heterocycles. The Morgan fingerprint density at radius 3 is 2.56 bits per heavy atom. The highest BCUT2D eigenvalue weighted by Crippen LogP contribution is 2.18. The molecule has 18 heavy (non-hydrogen) atoms. The normalized spacial score (nSPS) is 10.1. The van der Waals surface area contributed by atoms with Gasteiger partial charge >= 0.3 is 0 Å². The number of amides is 1. The maximum Gasteiger partial charge on any atom is 0.255 e. The van der Waals surface area contributed by atoms with Crippen LogP contribution in [-0.2, 0) is 0 Å². The number of aryl methyl sites for hydroxylation is 2. The molecule has 0 bridgehead atoms. The van der Waals surface area contributed by atoms with E-state index in [1.807, 2.05) is 31.2 Å². The lowest BCUT2D eigenvalue weighted by molar-refractivity contribution is 0.102. The van der Waals surface area contributed by atoms with Crippen molar-refractivity contribution in [2.45, 2.75) is 13.8 Å². The number of hydrogen-bond acceptors (Lipinski definition) is 2. The van der Waals surface area contributed by atoms with Gasteiger partial charge in [-0.2, -0.15) is 0 Å². The van der Waals surface area contributed by atoms with Gasteiger partial charge in [-0.25, -0.2) is 0 Å². The fourth-order valence-corrected chi connectivity index (χ4v) is 1.72. The molecule has 0 radical (unpaired) electrons. The molecule has 0 spiro atoms. The van der Waals surface area contributed by atoms with Gasteiger partial charge in [-0.05, 0) is 55.3 Å². The van der Waals surface area contributed by atoms with Crippen LogP contribution in [-0.4, -0.2) is 11.0 Å². The van der Waals surface area contributed by atoms with Gasteiger partial charge in [0.15, 0.2) is 0 Å². The molecule has 0 aromatic heterocycles. The van der Waals surface area contributed by atoms with Crippen molar-refractivity contribution in [1.29, 1.82) is 0 Å². The van der Waals surface area contributed by atoms with Gasteiger partial charge < -0.3 is 10.4 Å². The van der Waals surface area contributed by atoms with Crippen molar-refractivity contribution in [2.75, 3.05) is 5.32 Å². The fraction of sp³-hybridized carbons (Fsp3) is 0.133. The van der Waals surface area contributed by atoms with Gasteiger partial charge in [0.1, 0.15) is 5.75 Å². The molecule has 0 heterocycles. The number of carbonyl (C=O) groups is 1. The summed E-state index contributed by atoms with van der Waals surface area (Å²) in [6.07, 6.45) is 0. The number of phenolic OH excluding ortho intramolecular Hbond substituents is 1. The van der Waals surface area contributed by atoms with E-state index in [4.69, 9.17) is 0 Å². The van der Waals surface area contributed by atoms with Crippen molar-refractivity contribution in [3.8, 4) is 5.75 Å². The Morgan fingerprint density at radius 1 is 1.11 bits per heavy atom. The number of anilines is 1. The Hall–Kier alpha value is -2.29. The lowest BCUT2D eigenvalue weighted by Gasteiger charge is -2.07. The highest BCUT2D eigenvalue weighted by Gasteiger charge is 2.07. The van der Waals surface area contributed by atoms with Gasteiger partial charge in [-0.15, -0.1) is 0 Å². The van der Waals surface area contributed by atoms with Crippen molar-refractivity contribution in [1.82, 2.24) is 0 Å². The third kappa shape index (κ3) is 2.69. The van der Waals surface area contributed by atoms with Gasteiger partial charge in [0, 0.05) is 11.3 Å². The molecule has 0 fully saturated rings. The summed E-state index contributed by atoms with van der Waals surface area (Å²) < 4.78 is 0. The number of aromatic hydroxyl groups is 1. The summed E-state index contributed by atoms with van der Waals surface area (Å²) in [5.74, 6) is 0.0193. The van der Waals surface area contributed by atoms with E-state index < -0.39 is 0 Å². The van der Waals surface area contributed by atoms with Crippen molar-refractivity contribution >= 4 is 11.6 Å². The predicted molar refractivity (Wildman–Crippen MR) is 72.0 cm³/mol. The average Bonchev–Trinajstić information content (AvgIpc) is 2.32. The minimum absolute atomic E-state index is 0.177. The second-order valence-corrected chi connectivity index (χ2v) is 4.32. The Balaban J connectivity index is 2.19. The lowest BCUT2D eigenvalue weighted by atomic mass is 10.1. The molecule has 3 nitrogen and oxygen atoms in total. The van der Waals surface area contributed by atoms with Crippen LogP contribution in [0.1, 0.15) is 21.5 Å². The third-order valence-corrected chi connectivity index (χ3v) is 2.73. The molecular weight excluding hydrogens is 226 g/mol. The second kappa shape index (κ2) is 4.92. The number of hydrogen-bond donors (Lipinski definition) is 2. The molecule has 2 aromatic carbocycles. The first-order valence-corrected chi connectivity index (χ1v) is 5.74. The van der Waals surface area contributed by atoms with Gasteiger partial charge in [0.25, 0.3) is 5.91 Å². The summed E-state index contributed by atoms with van der Waals surface area (Å²) in [5.41, 5.74) is 3.08. The molecule has 92 valence electrons. The van der Waals surface area contributed by atoms with Crippen LogP contribution in [0.4, 0.5) is 5.69 Å². The van der Waals surface area contributed by atoms with Crippen LogP contribution in [0, 0.1) is 13.8 Å². The van der Waals surface area contributed by atoms with E-state index in [9.17, 15) is 9.90 Å². The molecule has 2 N–H and O–H groups in total. The van der Waals surface area contributed by atoms with E-state index in [0.717, 1.165) is 11.3 Å². The Kier molecular flexibility index (Phi) is 3.33. The zero-order chi connectivity index (χ0) is 13.1. The van der Waals surface area contributed by atoms with E-state index in [1.54, 1.807) is 19.1 Å². The second-order valence-electron chi connectivity index (χ2n) is 4.32. The minimum atomic E-state index is -0.177. The first-order valence-electron chi connectivity index (χ1n) is 5.74. The van der Waals surface area contributed by atoms with E-state index >= 15 is 0 Å². The Bertz CT molecular complexity index is 591. The first-order chi connectivity index (χ1) is 8.56. The van der Waals surface area contributed by atoms with Crippen molar-refractivity contribution in [3.63, 3.8) is 0 Å². The highest BCUT2D eigenvalue weighted by atomic mass is 16.3. The molecule has 0 aliphatic carbocycles. The zero-order valence-corrected chi connectivity index (χ0v) is 10.4. The standard InChI is InChI=1S/C15H15NO2/c1-10-4-3-5-13(8-10)16-15(18)12-6-7-14(17)11(2)9-12/h3-9,17H,1-2H3,(H,16,18). The predicted octanol–water partition coefficient (Wildman–Crippen LogP) is 3.26. The third-order valence-electron chi connectivity index (χ3n) is 2.73. The van der Waals surface area contributed by atoms with Crippen molar-refractivity contribution in [3.05, 3.63) is 59.2 Å². The van der Waals surface area contributed by atoms with Crippen LogP contribution in [0.15, 0.2) is 42.5 Å². The molecule has 3 heteroatoms. The van der Waals surface area contributed by atoms with Crippen LogP contribution in [0.2, 0.25) is 0 Å². The summed E-state index contributed by atoms with van der Waals surface area (Å²) >= 11 is 0. The first kappa shape index (κ1) is 12.2. The van der Waals surface area contributed by atoms with Crippen LogP contribution in [0.3, 0.4) is 0 Å². The molecule has 1 amide bonds. The van der Waals surface area contributed by atoms with Crippen LogP contribution in [0.5, 0.6) is 5.75 Å². The monoisotopic (exact) mass is 241 g/mol. The van der Waals surface area contributed by atoms with Crippen LogP contribution < -0.4 is 5.32 Å². The topological polar surface area (TPSA) is 49.3 Å². The Labute approximate surface area is 106 Å². The number of phenols is 1.